The van der Waals surface area contributed by atoms with E-state index in [4.69, 9.17) is 0 Å². The number of nitrogens with one attached hydrogen (secondary N) is 1. The Morgan fingerprint density at radius 2 is 2.11 bits per heavy atom. The Balaban J connectivity index is 2.05. The molecule has 0 aliphatic heterocycles. The van der Waals surface area contributed by atoms with E-state index in [0.29, 0.717) is 17.3 Å². The molecule has 0 aliphatic rings. The summed E-state index contributed by atoms with van der Waals surface area (Å²) in [5.41, 5.74) is 2.45. The number of thiazole rings is 1. The van der Waals surface area contributed by atoms with Crippen LogP contribution in [0.3, 0.4) is 0 Å². The second-order valence-corrected chi connectivity index (χ2v) is 5.53. The predicted molar refractivity (Wildman–Crippen MR) is 73.0 cm³/mol. The van der Waals surface area contributed by atoms with Crippen molar-refractivity contribution in [1.82, 2.24) is 25.3 Å². The molecule has 2 heterocycles. The molecule has 0 aromatic carbocycles. The van der Waals surface area contributed by atoms with Gasteiger partial charge < -0.3 is 5.32 Å². The fourth-order valence-corrected chi connectivity index (χ4v) is 2.40. The van der Waals surface area contributed by atoms with E-state index in [9.17, 15) is 4.79 Å². The Kier molecular flexibility index (Phi) is 4.26. The minimum Gasteiger partial charge on any atom is -0.346 e. The molecule has 0 bridgehead atoms. The Bertz CT molecular complexity index is 534. The molecule has 2 aromatic rings. The number of aryl methyl sites for hydroxylation is 1. The minimum absolute atomic E-state index is 0.0126. The third kappa shape index (κ3) is 3.37. The van der Waals surface area contributed by atoms with Crippen LogP contribution in [0.4, 0.5) is 0 Å². The molecule has 2 rings (SSSR count). The molecule has 0 aliphatic carbocycles. The van der Waals surface area contributed by atoms with Crippen LogP contribution in [0.15, 0.2) is 17.9 Å². The Morgan fingerprint density at radius 1 is 1.42 bits per heavy atom. The van der Waals surface area contributed by atoms with Crippen LogP contribution in [-0.2, 0) is 6.54 Å². The summed E-state index contributed by atoms with van der Waals surface area (Å²) < 4.78 is 0. The van der Waals surface area contributed by atoms with Gasteiger partial charge in [0.05, 0.1) is 36.2 Å². The van der Waals surface area contributed by atoms with E-state index in [1.165, 1.54) is 11.3 Å². The molecule has 0 fully saturated rings. The zero-order chi connectivity index (χ0) is 13.8. The first kappa shape index (κ1) is 13.7. The quantitative estimate of drug-likeness (QED) is 0.900. The van der Waals surface area contributed by atoms with Crippen molar-refractivity contribution in [2.24, 2.45) is 5.92 Å². The summed E-state index contributed by atoms with van der Waals surface area (Å²) in [6.07, 6.45) is 3.26. The van der Waals surface area contributed by atoms with Gasteiger partial charge in [-0.2, -0.15) is 15.0 Å². The summed E-state index contributed by atoms with van der Waals surface area (Å²) in [7, 11) is 0. The maximum Gasteiger partial charge on any atom is 0.263 e. The van der Waals surface area contributed by atoms with Crippen LogP contribution in [0.5, 0.6) is 0 Å². The highest BCUT2D eigenvalue weighted by Gasteiger charge is 2.20. The lowest BCUT2D eigenvalue weighted by Gasteiger charge is -2.21. The van der Waals surface area contributed by atoms with Crippen molar-refractivity contribution in [3.8, 4) is 0 Å². The molecular formula is C12H17N5OS. The zero-order valence-electron chi connectivity index (χ0n) is 11.2. The average Bonchev–Trinajstić information content (AvgIpc) is 2.99. The first-order valence-corrected chi connectivity index (χ1v) is 7.01. The normalized spacial score (nSPS) is 12.6. The van der Waals surface area contributed by atoms with Crippen molar-refractivity contribution in [2.45, 2.75) is 33.4 Å². The number of hydrogen-bond donors (Lipinski definition) is 1. The lowest BCUT2D eigenvalue weighted by molar-refractivity contribution is 0.0921. The van der Waals surface area contributed by atoms with Crippen LogP contribution in [-0.4, -0.2) is 31.9 Å². The third-order valence-corrected chi connectivity index (χ3v) is 3.83. The predicted octanol–water partition coefficient (Wildman–Crippen LogP) is 1.50. The van der Waals surface area contributed by atoms with Gasteiger partial charge in [-0.1, -0.05) is 13.8 Å². The topological polar surface area (TPSA) is 72.7 Å². The van der Waals surface area contributed by atoms with Gasteiger partial charge in [0.2, 0.25) is 0 Å². The van der Waals surface area contributed by atoms with Crippen molar-refractivity contribution in [1.29, 1.82) is 0 Å². The zero-order valence-corrected chi connectivity index (χ0v) is 12.0. The van der Waals surface area contributed by atoms with Crippen molar-refractivity contribution in [2.75, 3.05) is 0 Å². The Hall–Kier alpha value is -1.76. The van der Waals surface area contributed by atoms with E-state index in [1.807, 2.05) is 6.92 Å². The monoisotopic (exact) mass is 279 g/mol. The van der Waals surface area contributed by atoms with Crippen LogP contribution < -0.4 is 5.32 Å². The van der Waals surface area contributed by atoms with Crippen LogP contribution in [0.25, 0.3) is 0 Å². The van der Waals surface area contributed by atoms with E-state index in [2.05, 4.69) is 34.3 Å². The van der Waals surface area contributed by atoms with Gasteiger partial charge in [0, 0.05) is 0 Å². The van der Waals surface area contributed by atoms with Crippen LogP contribution in [0.2, 0.25) is 0 Å². The van der Waals surface area contributed by atoms with E-state index >= 15 is 0 Å². The second kappa shape index (κ2) is 5.92. The first-order chi connectivity index (χ1) is 9.08. The van der Waals surface area contributed by atoms with Gasteiger partial charge in [0.1, 0.15) is 4.88 Å². The molecule has 0 saturated carbocycles. The number of carbonyl (C=O) groups is 1. The van der Waals surface area contributed by atoms with Crippen molar-refractivity contribution < 1.29 is 4.79 Å². The number of amides is 1. The summed E-state index contributed by atoms with van der Waals surface area (Å²) in [5, 5.41) is 11.2. The number of rotatable bonds is 5. The van der Waals surface area contributed by atoms with Crippen LogP contribution >= 0.6 is 11.3 Å². The van der Waals surface area contributed by atoms with Gasteiger partial charge in [0.25, 0.3) is 5.91 Å². The standard InChI is InChI=1S/C12H17N5OS/c1-8(2)10(6-17-14-4-5-15-17)16-12(18)11-9(3)13-7-19-11/h4-5,7-8,10H,6H2,1-3H3,(H,16,18). The van der Waals surface area contributed by atoms with E-state index < -0.39 is 0 Å². The summed E-state index contributed by atoms with van der Waals surface area (Å²) in [4.78, 5) is 18.5. The largest absolute Gasteiger partial charge is 0.346 e. The average molecular weight is 279 g/mol. The highest BCUT2D eigenvalue weighted by molar-refractivity contribution is 7.11. The lowest BCUT2D eigenvalue weighted by atomic mass is 10.0. The molecule has 1 unspecified atom stereocenters. The molecule has 0 saturated heterocycles. The van der Waals surface area contributed by atoms with Gasteiger partial charge in [-0.15, -0.1) is 11.3 Å². The molecule has 19 heavy (non-hydrogen) atoms. The SMILES string of the molecule is Cc1ncsc1C(=O)NC(Cn1nccn1)C(C)C. The Morgan fingerprint density at radius 3 is 2.63 bits per heavy atom. The highest BCUT2D eigenvalue weighted by atomic mass is 32.1. The lowest BCUT2D eigenvalue weighted by Crippen LogP contribution is -2.42. The van der Waals surface area contributed by atoms with Gasteiger partial charge in [-0.05, 0) is 12.8 Å². The summed E-state index contributed by atoms with van der Waals surface area (Å²) >= 11 is 1.36. The summed E-state index contributed by atoms with van der Waals surface area (Å²) in [5.74, 6) is 0.217. The van der Waals surface area contributed by atoms with Gasteiger partial charge in [-0.25, -0.2) is 4.98 Å². The molecular weight excluding hydrogens is 262 g/mol. The molecule has 7 heteroatoms. The maximum atomic E-state index is 12.2. The molecule has 2 aromatic heterocycles. The summed E-state index contributed by atoms with van der Waals surface area (Å²) in [6.45, 7) is 6.53. The molecule has 1 atom stereocenters. The maximum absolute atomic E-state index is 12.2. The molecule has 6 nitrogen and oxygen atoms in total. The number of hydrogen-bond acceptors (Lipinski definition) is 5. The third-order valence-electron chi connectivity index (χ3n) is 2.90. The number of carbonyl (C=O) groups excluding carboxylic acids is 1. The second-order valence-electron chi connectivity index (χ2n) is 4.67. The number of aromatic nitrogens is 4. The van der Waals surface area contributed by atoms with Crippen molar-refractivity contribution >= 4 is 17.2 Å². The highest BCUT2D eigenvalue weighted by Crippen LogP contribution is 2.13. The minimum atomic E-state index is -0.0779. The van der Waals surface area contributed by atoms with Crippen molar-refractivity contribution in [3.05, 3.63) is 28.5 Å². The fourth-order valence-electron chi connectivity index (χ4n) is 1.69. The Labute approximate surface area is 115 Å². The molecule has 0 spiro atoms. The van der Waals surface area contributed by atoms with Crippen LogP contribution in [0, 0.1) is 12.8 Å². The fraction of sp³-hybridized carbons (Fsp3) is 0.500. The molecule has 1 N–H and O–H groups in total. The van der Waals surface area contributed by atoms with Gasteiger partial charge in [-0.3, -0.25) is 4.79 Å². The molecule has 0 radical (unpaired) electrons. The van der Waals surface area contributed by atoms with Gasteiger partial charge in [0.15, 0.2) is 0 Å². The van der Waals surface area contributed by atoms with Crippen LogP contribution in [0.1, 0.15) is 29.2 Å². The molecule has 102 valence electrons. The van der Waals surface area contributed by atoms with E-state index in [-0.39, 0.29) is 11.9 Å². The summed E-state index contributed by atoms with van der Waals surface area (Å²) in [6, 6.07) is -0.0126. The first-order valence-electron chi connectivity index (χ1n) is 6.13. The molecule has 1 amide bonds. The number of nitrogens with zero attached hydrogens (tertiary/aromatic N) is 4. The van der Waals surface area contributed by atoms with E-state index in [0.717, 1.165) is 5.69 Å². The van der Waals surface area contributed by atoms with Gasteiger partial charge >= 0.3 is 0 Å². The van der Waals surface area contributed by atoms with Crippen molar-refractivity contribution in [3.63, 3.8) is 0 Å². The van der Waals surface area contributed by atoms with E-state index in [1.54, 1.807) is 22.7 Å². The smallest absolute Gasteiger partial charge is 0.263 e.